The summed E-state index contributed by atoms with van der Waals surface area (Å²) in [4.78, 5) is 12.4. The Kier molecular flexibility index (Phi) is 8.33. The van der Waals surface area contributed by atoms with Gasteiger partial charge in [-0.1, -0.05) is 36.9 Å². The van der Waals surface area contributed by atoms with E-state index in [1.54, 1.807) is 32.4 Å². The lowest BCUT2D eigenvalue weighted by Crippen LogP contribution is -2.26. The monoisotopic (exact) mass is 392 g/mol. The van der Waals surface area contributed by atoms with Crippen LogP contribution in [-0.2, 0) is 11.2 Å². The Morgan fingerprint density at radius 2 is 1.90 bits per heavy atom. The number of nitrogens with zero attached hydrogens (tertiary/aromatic N) is 1. The maximum atomic E-state index is 12.4. The van der Waals surface area contributed by atoms with E-state index in [9.17, 15) is 10.1 Å². The van der Waals surface area contributed by atoms with Crippen LogP contribution in [0, 0.1) is 11.3 Å². The van der Waals surface area contributed by atoms with Crippen LogP contribution in [0.4, 0.5) is 0 Å². The number of nitriles is 1. The first-order chi connectivity index (χ1) is 14.1. The van der Waals surface area contributed by atoms with Gasteiger partial charge in [-0.25, -0.2) is 0 Å². The SMILES string of the molecule is C=CCOc1ccccc1C=C(C#N)C(=O)NCCc1ccc(OC)c(OC)c1. The van der Waals surface area contributed by atoms with Crippen LogP contribution in [0.2, 0.25) is 0 Å². The zero-order valence-corrected chi connectivity index (χ0v) is 16.6. The number of rotatable bonds is 10. The van der Waals surface area contributed by atoms with Crippen molar-refractivity contribution in [1.29, 1.82) is 5.26 Å². The fourth-order valence-corrected chi connectivity index (χ4v) is 2.64. The molecular formula is C23H24N2O4. The molecule has 0 aliphatic carbocycles. The van der Waals surface area contributed by atoms with Crippen molar-refractivity contribution in [2.24, 2.45) is 0 Å². The fraction of sp³-hybridized carbons (Fsp3) is 0.217. The minimum atomic E-state index is -0.438. The predicted molar refractivity (Wildman–Crippen MR) is 112 cm³/mol. The van der Waals surface area contributed by atoms with Crippen molar-refractivity contribution in [3.63, 3.8) is 0 Å². The lowest BCUT2D eigenvalue weighted by Gasteiger charge is -2.10. The first-order valence-corrected chi connectivity index (χ1v) is 9.06. The summed E-state index contributed by atoms with van der Waals surface area (Å²) in [7, 11) is 3.15. The van der Waals surface area contributed by atoms with Gasteiger partial charge in [0.2, 0.25) is 0 Å². The van der Waals surface area contributed by atoms with Crippen molar-refractivity contribution in [2.75, 3.05) is 27.4 Å². The van der Waals surface area contributed by atoms with E-state index >= 15 is 0 Å². The summed E-state index contributed by atoms with van der Waals surface area (Å²) < 4.78 is 16.1. The van der Waals surface area contributed by atoms with Crippen molar-refractivity contribution in [2.45, 2.75) is 6.42 Å². The molecule has 1 amide bonds. The van der Waals surface area contributed by atoms with E-state index in [1.165, 1.54) is 6.08 Å². The second kappa shape index (κ2) is 11.2. The fourth-order valence-electron chi connectivity index (χ4n) is 2.64. The summed E-state index contributed by atoms with van der Waals surface area (Å²) in [6, 6.07) is 14.7. The molecule has 0 aliphatic heterocycles. The largest absolute Gasteiger partial charge is 0.493 e. The zero-order chi connectivity index (χ0) is 21.1. The van der Waals surface area contributed by atoms with Gasteiger partial charge in [-0.2, -0.15) is 5.26 Å². The molecule has 2 aromatic carbocycles. The lowest BCUT2D eigenvalue weighted by atomic mass is 10.1. The average Bonchev–Trinajstić information content (AvgIpc) is 2.76. The van der Waals surface area contributed by atoms with Gasteiger partial charge in [0.25, 0.3) is 5.91 Å². The molecule has 0 aliphatic rings. The molecule has 0 unspecified atom stereocenters. The summed E-state index contributed by atoms with van der Waals surface area (Å²) in [6.45, 7) is 4.33. The van der Waals surface area contributed by atoms with Crippen LogP contribution >= 0.6 is 0 Å². The van der Waals surface area contributed by atoms with Crippen LogP contribution in [0.5, 0.6) is 17.2 Å². The standard InChI is InChI=1S/C23H24N2O4/c1-4-13-29-20-8-6-5-7-18(20)15-19(16-24)23(26)25-12-11-17-9-10-21(27-2)22(14-17)28-3/h4-10,14-15H,1,11-13H2,2-3H3,(H,25,26). The van der Waals surface area contributed by atoms with Crippen LogP contribution in [-0.4, -0.2) is 33.3 Å². The predicted octanol–water partition coefficient (Wildman–Crippen LogP) is 3.53. The van der Waals surface area contributed by atoms with Crippen molar-refractivity contribution < 1.29 is 19.0 Å². The number of carbonyl (C=O) groups is 1. The molecule has 6 nitrogen and oxygen atoms in total. The average molecular weight is 392 g/mol. The van der Waals surface area contributed by atoms with E-state index in [2.05, 4.69) is 11.9 Å². The lowest BCUT2D eigenvalue weighted by molar-refractivity contribution is -0.117. The molecule has 0 bridgehead atoms. The molecule has 0 spiro atoms. The van der Waals surface area contributed by atoms with Gasteiger partial charge < -0.3 is 19.5 Å². The highest BCUT2D eigenvalue weighted by molar-refractivity contribution is 6.01. The molecule has 0 saturated carbocycles. The molecule has 0 aromatic heterocycles. The molecule has 2 aromatic rings. The number of hydrogen-bond donors (Lipinski definition) is 1. The van der Waals surface area contributed by atoms with E-state index in [1.807, 2.05) is 36.4 Å². The molecule has 0 heterocycles. The first kappa shape index (κ1) is 21.6. The Labute approximate surface area is 171 Å². The van der Waals surface area contributed by atoms with Gasteiger partial charge in [-0.15, -0.1) is 0 Å². The van der Waals surface area contributed by atoms with E-state index in [-0.39, 0.29) is 5.57 Å². The molecule has 1 N–H and O–H groups in total. The summed E-state index contributed by atoms with van der Waals surface area (Å²) in [6.07, 6.45) is 3.74. The summed E-state index contributed by atoms with van der Waals surface area (Å²) in [5.41, 5.74) is 1.64. The van der Waals surface area contributed by atoms with Crippen molar-refractivity contribution in [1.82, 2.24) is 5.32 Å². The Morgan fingerprint density at radius 3 is 2.59 bits per heavy atom. The Bertz CT molecular complexity index is 929. The minimum absolute atomic E-state index is 0.00645. The van der Waals surface area contributed by atoms with Gasteiger partial charge in [-0.3, -0.25) is 4.79 Å². The minimum Gasteiger partial charge on any atom is -0.493 e. The van der Waals surface area contributed by atoms with Crippen LogP contribution in [0.3, 0.4) is 0 Å². The molecular weight excluding hydrogens is 368 g/mol. The van der Waals surface area contributed by atoms with E-state index in [0.717, 1.165) is 5.56 Å². The third kappa shape index (κ3) is 6.15. The highest BCUT2D eigenvalue weighted by Gasteiger charge is 2.11. The highest BCUT2D eigenvalue weighted by atomic mass is 16.5. The molecule has 2 rings (SSSR count). The number of ether oxygens (including phenoxy) is 3. The maximum absolute atomic E-state index is 12.4. The second-order valence-corrected chi connectivity index (χ2v) is 6.00. The van der Waals surface area contributed by atoms with Gasteiger partial charge in [-0.05, 0) is 36.3 Å². The third-order valence-electron chi connectivity index (χ3n) is 4.09. The van der Waals surface area contributed by atoms with Gasteiger partial charge in [0.1, 0.15) is 24.0 Å². The quantitative estimate of drug-likeness (QED) is 0.380. The van der Waals surface area contributed by atoms with E-state index in [0.29, 0.717) is 42.4 Å². The smallest absolute Gasteiger partial charge is 0.261 e. The maximum Gasteiger partial charge on any atom is 0.261 e. The summed E-state index contributed by atoms with van der Waals surface area (Å²) in [5, 5.41) is 12.2. The Morgan fingerprint density at radius 1 is 1.14 bits per heavy atom. The molecule has 0 fully saturated rings. The Balaban J connectivity index is 2.03. The van der Waals surface area contributed by atoms with Crippen LogP contribution in [0.25, 0.3) is 6.08 Å². The second-order valence-electron chi connectivity index (χ2n) is 6.00. The molecule has 0 saturated heterocycles. The molecule has 0 atom stereocenters. The number of carbonyl (C=O) groups excluding carboxylic acids is 1. The summed E-state index contributed by atoms with van der Waals surface area (Å²) >= 11 is 0. The molecule has 0 radical (unpaired) electrons. The summed E-state index contributed by atoms with van der Waals surface area (Å²) in [5.74, 6) is 1.42. The van der Waals surface area contributed by atoms with Gasteiger partial charge in [0.15, 0.2) is 11.5 Å². The van der Waals surface area contributed by atoms with Crippen LogP contribution in [0.1, 0.15) is 11.1 Å². The number of benzene rings is 2. The van der Waals surface area contributed by atoms with Crippen molar-refractivity contribution in [3.8, 4) is 23.3 Å². The van der Waals surface area contributed by atoms with Crippen molar-refractivity contribution >= 4 is 12.0 Å². The molecule has 6 heteroatoms. The normalized spacial score (nSPS) is 10.6. The van der Waals surface area contributed by atoms with Gasteiger partial charge in [0, 0.05) is 12.1 Å². The van der Waals surface area contributed by atoms with E-state index in [4.69, 9.17) is 14.2 Å². The van der Waals surface area contributed by atoms with Crippen LogP contribution < -0.4 is 19.5 Å². The van der Waals surface area contributed by atoms with Gasteiger partial charge >= 0.3 is 0 Å². The number of methoxy groups -OCH3 is 2. The number of nitrogens with one attached hydrogen (secondary N) is 1. The van der Waals surface area contributed by atoms with Crippen LogP contribution in [0.15, 0.2) is 60.7 Å². The Hall–Kier alpha value is -3.72. The first-order valence-electron chi connectivity index (χ1n) is 9.06. The zero-order valence-electron chi connectivity index (χ0n) is 16.6. The van der Waals surface area contributed by atoms with E-state index < -0.39 is 5.91 Å². The number of hydrogen-bond acceptors (Lipinski definition) is 5. The van der Waals surface area contributed by atoms with Gasteiger partial charge in [0.05, 0.1) is 14.2 Å². The topological polar surface area (TPSA) is 80.6 Å². The molecule has 150 valence electrons. The number of amides is 1. The number of para-hydroxylation sites is 1. The van der Waals surface area contributed by atoms with Crippen molar-refractivity contribution in [3.05, 3.63) is 71.8 Å². The highest BCUT2D eigenvalue weighted by Crippen LogP contribution is 2.27. The molecule has 29 heavy (non-hydrogen) atoms. The third-order valence-corrected chi connectivity index (χ3v) is 4.09.